The van der Waals surface area contributed by atoms with Crippen LogP contribution in [0.3, 0.4) is 0 Å². The zero-order valence-electron chi connectivity index (χ0n) is 20.6. The maximum atomic E-state index is 14.0. The fraction of sp³-hybridized carbons (Fsp3) is 0.0882. The molecule has 176 valence electrons. The van der Waals surface area contributed by atoms with Gasteiger partial charge in [-0.25, -0.2) is 0 Å². The summed E-state index contributed by atoms with van der Waals surface area (Å²) >= 11 is 1.83. The molecule has 5 aromatic carbocycles. The number of anilines is 3. The van der Waals surface area contributed by atoms with Gasteiger partial charge in [0.25, 0.3) is 0 Å². The van der Waals surface area contributed by atoms with Gasteiger partial charge in [-0.3, -0.25) is 4.79 Å². The molecule has 0 saturated carbocycles. The molecule has 0 fully saturated rings. The van der Waals surface area contributed by atoms with E-state index in [0.717, 1.165) is 33.4 Å². The highest BCUT2D eigenvalue weighted by Crippen LogP contribution is 2.64. The monoisotopic (exact) mass is 493 g/mol. The standard InChI is InChI=1S/C34H23NOS/c1-20-15-17-24-23(18-20)33(36)22-16-14-21(2)19-27(22)34(24)25-8-3-4-10-28(25)35-29-11-5-6-12-30(29)37-31-13-7-9-26(34)32(31)35/h3-19H,1-2H3. The highest BCUT2D eigenvalue weighted by atomic mass is 32.2. The Bertz CT molecular complexity index is 1820. The highest BCUT2D eigenvalue weighted by molar-refractivity contribution is 7.99. The lowest BCUT2D eigenvalue weighted by molar-refractivity contribution is 0.103. The van der Waals surface area contributed by atoms with Crippen LogP contribution in [0.1, 0.15) is 49.3 Å². The van der Waals surface area contributed by atoms with Crippen molar-refractivity contribution in [2.45, 2.75) is 29.1 Å². The van der Waals surface area contributed by atoms with Crippen LogP contribution in [0.15, 0.2) is 113 Å². The fourth-order valence-electron chi connectivity index (χ4n) is 6.70. The Kier molecular flexibility index (Phi) is 4.12. The molecule has 0 aromatic heterocycles. The number of rotatable bonds is 0. The van der Waals surface area contributed by atoms with Gasteiger partial charge >= 0.3 is 0 Å². The lowest BCUT2D eigenvalue weighted by atomic mass is 9.57. The summed E-state index contributed by atoms with van der Waals surface area (Å²) in [5.74, 6) is 0.115. The van der Waals surface area contributed by atoms with Crippen LogP contribution >= 0.6 is 11.8 Å². The molecule has 37 heavy (non-hydrogen) atoms. The van der Waals surface area contributed by atoms with Crippen molar-refractivity contribution in [3.05, 3.63) is 148 Å². The Hall–Kier alpha value is -4.08. The highest BCUT2D eigenvalue weighted by Gasteiger charge is 2.52. The van der Waals surface area contributed by atoms with Gasteiger partial charge in [0.15, 0.2) is 5.78 Å². The van der Waals surface area contributed by atoms with E-state index < -0.39 is 5.41 Å². The van der Waals surface area contributed by atoms with Crippen molar-refractivity contribution in [1.82, 2.24) is 0 Å². The normalized spacial score (nSPS) is 18.0. The lowest BCUT2D eigenvalue weighted by Crippen LogP contribution is -2.43. The molecule has 0 amide bonds. The molecule has 2 heterocycles. The zero-order chi connectivity index (χ0) is 24.9. The summed E-state index contributed by atoms with van der Waals surface area (Å²) in [6.07, 6.45) is 0. The van der Waals surface area contributed by atoms with Crippen molar-refractivity contribution in [2.75, 3.05) is 4.90 Å². The molecule has 1 unspecified atom stereocenters. The molecule has 1 spiro atoms. The number of ketones is 1. The molecule has 2 nitrogen and oxygen atoms in total. The second-order valence-corrected chi connectivity index (χ2v) is 11.3. The third-order valence-electron chi connectivity index (χ3n) is 8.15. The van der Waals surface area contributed by atoms with Crippen LogP contribution in [-0.4, -0.2) is 5.78 Å². The number of carbonyl (C=O) groups is 1. The van der Waals surface area contributed by atoms with Gasteiger partial charge in [-0.15, -0.1) is 0 Å². The topological polar surface area (TPSA) is 20.3 Å². The minimum atomic E-state index is -0.594. The minimum Gasteiger partial charge on any atom is -0.308 e. The van der Waals surface area contributed by atoms with Gasteiger partial charge in [0.05, 0.1) is 22.5 Å². The van der Waals surface area contributed by atoms with Crippen molar-refractivity contribution in [1.29, 1.82) is 0 Å². The maximum absolute atomic E-state index is 14.0. The molecular formula is C34H23NOS. The molecule has 1 atom stereocenters. The van der Waals surface area contributed by atoms with E-state index in [2.05, 4.69) is 116 Å². The van der Waals surface area contributed by atoms with Gasteiger partial charge in [0.2, 0.25) is 0 Å². The van der Waals surface area contributed by atoms with Gasteiger partial charge in [-0.05, 0) is 66.4 Å². The van der Waals surface area contributed by atoms with Crippen LogP contribution in [0, 0.1) is 13.8 Å². The van der Waals surface area contributed by atoms with E-state index in [0.29, 0.717) is 0 Å². The number of aryl methyl sites for hydroxylation is 2. The van der Waals surface area contributed by atoms with Crippen molar-refractivity contribution in [2.24, 2.45) is 0 Å². The van der Waals surface area contributed by atoms with Gasteiger partial charge in [0, 0.05) is 20.9 Å². The maximum Gasteiger partial charge on any atom is 0.193 e. The molecule has 2 aliphatic heterocycles. The molecule has 5 aromatic rings. The molecule has 8 rings (SSSR count). The molecule has 0 saturated heterocycles. The van der Waals surface area contributed by atoms with Gasteiger partial charge in [0.1, 0.15) is 0 Å². The van der Waals surface area contributed by atoms with Gasteiger partial charge in [-0.1, -0.05) is 95.7 Å². The van der Waals surface area contributed by atoms with Crippen LogP contribution in [-0.2, 0) is 5.41 Å². The molecular weight excluding hydrogens is 470 g/mol. The van der Waals surface area contributed by atoms with E-state index in [1.807, 2.05) is 17.8 Å². The van der Waals surface area contributed by atoms with Gasteiger partial charge in [-0.2, -0.15) is 0 Å². The average molecular weight is 494 g/mol. The first-order valence-corrected chi connectivity index (χ1v) is 13.5. The van der Waals surface area contributed by atoms with Crippen LogP contribution in [0.5, 0.6) is 0 Å². The van der Waals surface area contributed by atoms with Crippen molar-refractivity contribution >= 4 is 34.6 Å². The number of para-hydroxylation sites is 3. The Morgan fingerprint density at radius 3 is 2.19 bits per heavy atom. The number of nitrogens with zero attached hydrogens (tertiary/aromatic N) is 1. The predicted molar refractivity (Wildman–Crippen MR) is 150 cm³/mol. The van der Waals surface area contributed by atoms with Crippen molar-refractivity contribution in [3.8, 4) is 0 Å². The fourth-order valence-corrected chi connectivity index (χ4v) is 7.79. The van der Waals surface area contributed by atoms with E-state index in [-0.39, 0.29) is 5.78 Å². The Morgan fingerprint density at radius 1 is 0.595 bits per heavy atom. The average Bonchev–Trinajstić information content (AvgIpc) is 2.92. The number of carbonyl (C=O) groups excluding carboxylic acids is 1. The van der Waals surface area contributed by atoms with E-state index in [9.17, 15) is 4.79 Å². The van der Waals surface area contributed by atoms with Gasteiger partial charge < -0.3 is 4.90 Å². The Balaban J connectivity index is 1.60. The van der Waals surface area contributed by atoms with Crippen LogP contribution < -0.4 is 4.90 Å². The van der Waals surface area contributed by atoms with Crippen molar-refractivity contribution in [3.63, 3.8) is 0 Å². The first-order valence-electron chi connectivity index (χ1n) is 12.7. The SMILES string of the molecule is Cc1ccc2c(c1)C(=O)c1ccc(C)cc1C21c2ccccc2N2c3ccccc3Sc3cccc1c32. The molecule has 0 radical (unpaired) electrons. The largest absolute Gasteiger partial charge is 0.308 e. The minimum absolute atomic E-state index is 0.115. The number of hydrogen-bond donors (Lipinski definition) is 0. The molecule has 3 aliphatic rings. The smallest absolute Gasteiger partial charge is 0.193 e. The third-order valence-corrected chi connectivity index (χ3v) is 9.26. The summed E-state index contributed by atoms with van der Waals surface area (Å²) in [7, 11) is 0. The van der Waals surface area contributed by atoms with Crippen molar-refractivity contribution < 1.29 is 4.79 Å². The Labute approximate surface area is 220 Å². The first-order chi connectivity index (χ1) is 18.1. The predicted octanol–water partition coefficient (Wildman–Crippen LogP) is 8.48. The molecule has 3 heteroatoms. The third kappa shape index (κ3) is 2.55. The molecule has 0 N–H and O–H groups in total. The summed E-state index contributed by atoms with van der Waals surface area (Å²) in [4.78, 5) is 18.9. The van der Waals surface area contributed by atoms with Crippen LogP contribution in [0.2, 0.25) is 0 Å². The summed E-state index contributed by atoms with van der Waals surface area (Å²) in [5, 5.41) is 0. The zero-order valence-corrected chi connectivity index (χ0v) is 21.4. The second-order valence-electron chi connectivity index (χ2n) is 10.3. The number of benzene rings is 5. The second kappa shape index (κ2) is 7.24. The molecule has 1 aliphatic carbocycles. The summed E-state index contributed by atoms with van der Waals surface area (Å²) in [5.41, 5.74) is 11.5. The number of fused-ring (bicyclic) bond motifs is 10. The number of hydrogen-bond acceptors (Lipinski definition) is 3. The van der Waals surface area contributed by atoms with E-state index in [1.165, 1.54) is 38.0 Å². The summed E-state index contributed by atoms with van der Waals surface area (Å²) < 4.78 is 0. The molecule has 0 bridgehead atoms. The van der Waals surface area contributed by atoms with Crippen LogP contribution in [0.25, 0.3) is 0 Å². The van der Waals surface area contributed by atoms with E-state index in [1.54, 1.807) is 0 Å². The van der Waals surface area contributed by atoms with E-state index in [4.69, 9.17) is 0 Å². The first kappa shape index (κ1) is 21.0. The summed E-state index contributed by atoms with van der Waals surface area (Å²) in [6, 6.07) is 36.9. The van der Waals surface area contributed by atoms with E-state index >= 15 is 0 Å². The summed E-state index contributed by atoms with van der Waals surface area (Å²) in [6.45, 7) is 4.19. The quantitative estimate of drug-likeness (QED) is 0.211. The van der Waals surface area contributed by atoms with Crippen LogP contribution in [0.4, 0.5) is 17.1 Å². The lowest BCUT2D eigenvalue weighted by Gasteiger charge is -2.50. The Morgan fingerprint density at radius 2 is 1.30 bits per heavy atom.